The zero-order valence-corrected chi connectivity index (χ0v) is 29.7. The maximum absolute atomic E-state index is 9.86. The number of benzene rings is 4. The minimum Gasteiger partial charge on any atom is -0.278 e. The topological polar surface area (TPSA) is 125 Å². The van der Waals surface area contributed by atoms with Gasteiger partial charge in [-0.2, -0.15) is 5.26 Å². The Bertz CT molecular complexity index is 3000. The minimum atomic E-state index is 0.481. The molecule has 0 aliphatic carbocycles. The Morgan fingerprint density at radius 3 is 1.23 bits per heavy atom. The maximum Gasteiger partial charge on any atom is 0.189 e. The third-order valence-electron chi connectivity index (χ3n) is 9.62. The van der Waals surface area contributed by atoms with E-state index in [1.54, 1.807) is 36.8 Å². The van der Waals surface area contributed by atoms with Crippen LogP contribution < -0.4 is 0 Å². The molecular weight excluding hydrogens is 709 g/mol. The average molecular weight is 733 g/mol. The third kappa shape index (κ3) is 5.52. The Morgan fingerprint density at radius 2 is 0.842 bits per heavy atom. The van der Waals surface area contributed by atoms with Gasteiger partial charge in [-0.15, -0.1) is 0 Å². The molecule has 12 heteroatoms. The summed E-state index contributed by atoms with van der Waals surface area (Å²) in [6, 6.07) is 41.7. The minimum absolute atomic E-state index is 0.481. The highest BCUT2D eigenvalue weighted by Gasteiger charge is 2.24. The van der Waals surface area contributed by atoms with E-state index >= 15 is 0 Å². The van der Waals surface area contributed by atoms with Gasteiger partial charge >= 0.3 is 0 Å². The summed E-state index contributed by atoms with van der Waals surface area (Å²) < 4.78 is 5.86. The van der Waals surface area contributed by atoms with Gasteiger partial charge in [0.15, 0.2) is 28.3 Å². The molecule has 0 bridgehead atoms. The van der Waals surface area contributed by atoms with Crippen LogP contribution in [0.1, 0.15) is 5.56 Å². The van der Waals surface area contributed by atoms with E-state index in [1.807, 2.05) is 123 Å². The number of pyridine rings is 3. The SMILES string of the molecule is [C-]#[N+]c1cccc(-n2c(-c3cc(-c4nc5cccnc5n4-c4cccc(C#N)c4)cc(-c4nc5cccnc5n4-c4cccc([N+]#[C-])c4)c3)nc3cccnc32)c1. The number of imidazole rings is 3. The molecule has 0 spiro atoms. The first kappa shape index (κ1) is 32.8. The molecule has 264 valence electrons. The van der Waals surface area contributed by atoms with Crippen LogP contribution in [0.2, 0.25) is 0 Å². The predicted molar refractivity (Wildman–Crippen MR) is 217 cm³/mol. The normalized spacial score (nSPS) is 11.1. The number of aromatic nitrogens is 9. The standard InChI is InChI=1S/C45H24N12/c1-47-32-10-4-13-35(25-32)56-41(53-38-16-7-19-50-44(38)56)30-22-29(40-52-37-15-6-18-49-43(37)55(40)34-12-3-9-28(21-34)27-46)23-31(24-30)42-54-39-17-8-20-51-45(39)57(42)36-14-5-11-33(26-36)48-2/h3-26H. The quantitative estimate of drug-likeness (QED) is 0.156. The van der Waals surface area contributed by atoms with Crippen molar-refractivity contribution in [2.75, 3.05) is 0 Å². The van der Waals surface area contributed by atoms with Crippen molar-refractivity contribution in [3.63, 3.8) is 0 Å². The zero-order chi connectivity index (χ0) is 38.5. The van der Waals surface area contributed by atoms with Crippen LogP contribution in [0.3, 0.4) is 0 Å². The van der Waals surface area contributed by atoms with Gasteiger partial charge in [0.2, 0.25) is 0 Å². The second-order valence-electron chi connectivity index (χ2n) is 13.1. The van der Waals surface area contributed by atoms with Crippen LogP contribution in [0.25, 0.3) is 94.4 Å². The number of rotatable bonds is 6. The zero-order valence-electron chi connectivity index (χ0n) is 29.7. The number of hydrogen-bond donors (Lipinski definition) is 0. The highest BCUT2D eigenvalue weighted by molar-refractivity contribution is 5.88. The molecule has 6 aromatic heterocycles. The molecule has 57 heavy (non-hydrogen) atoms. The van der Waals surface area contributed by atoms with Crippen molar-refractivity contribution >= 4 is 44.9 Å². The van der Waals surface area contributed by atoms with Gasteiger partial charge in [0.05, 0.1) is 30.5 Å². The molecule has 0 aliphatic rings. The van der Waals surface area contributed by atoms with Gasteiger partial charge in [0.1, 0.15) is 34.0 Å². The molecule has 0 saturated carbocycles. The molecule has 6 heterocycles. The Kier molecular flexibility index (Phi) is 7.63. The third-order valence-corrected chi connectivity index (χ3v) is 9.62. The summed E-state index contributed by atoms with van der Waals surface area (Å²) in [7, 11) is 0. The van der Waals surface area contributed by atoms with E-state index in [2.05, 4.69) is 15.8 Å². The van der Waals surface area contributed by atoms with E-state index in [9.17, 15) is 5.26 Å². The molecule has 10 rings (SSSR count). The van der Waals surface area contributed by atoms with Crippen LogP contribution in [0, 0.1) is 24.5 Å². The molecule has 0 atom stereocenters. The molecule has 0 aliphatic heterocycles. The van der Waals surface area contributed by atoms with Crippen LogP contribution in [0.15, 0.2) is 146 Å². The van der Waals surface area contributed by atoms with Crippen molar-refractivity contribution in [1.29, 1.82) is 5.26 Å². The van der Waals surface area contributed by atoms with Gasteiger partial charge in [-0.1, -0.05) is 30.3 Å². The number of nitriles is 1. The number of nitrogens with zero attached hydrogens (tertiary/aromatic N) is 12. The molecule has 0 N–H and O–H groups in total. The Hall–Kier alpha value is -8.79. The summed E-state index contributed by atoms with van der Waals surface area (Å²) in [5.74, 6) is 1.74. The van der Waals surface area contributed by atoms with E-state index in [0.29, 0.717) is 84.6 Å². The second kappa shape index (κ2) is 13.3. The van der Waals surface area contributed by atoms with Crippen molar-refractivity contribution in [2.45, 2.75) is 0 Å². The number of fused-ring (bicyclic) bond motifs is 3. The van der Waals surface area contributed by atoms with Gasteiger partial charge in [0.25, 0.3) is 0 Å². The smallest absolute Gasteiger partial charge is 0.189 e. The maximum atomic E-state index is 9.86. The predicted octanol–water partition coefficient (Wildman–Crippen LogP) is 9.86. The number of hydrogen-bond acceptors (Lipinski definition) is 7. The van der Waals surface area contributed by atoms with Gasteiger partial charge in [-0.05, 0) is 97.1 Å². The Morgan fingerprint density at radius 1 is 0.456 bits per heavy atom. The molecule has 4 aromatic carbocycles. The van der Waals surface area contributed by atoms with E-state index in [4.69, 9.17) is 43.0 Å². The highest BCUT2D eigenvalue weighted by atomic mass is 15.2. The molecule has 0 amide bonds. The lowest BCUT2D eigenvalue weighted by Crippen LogP contribution is -2.03. The fourth-order valence-electron chi connectivity index (χ4n) is 7.18. The van der Waals surface area contributed by atoms with Crippen molar-refractivity contribution in [3.05, 3.63) is 174 Å². The fraction of sp³-hybridized carbons (Fsp3) is 0. The summed E-state index contributed by atoms with van der Waals surface area (Å²) in [6.45, 7) is 15.5. The Balaban J connectivity index is 1.32. The molecule has 0 saturated heterocycles. The van der Waals surface area contributed by atoms with Gasteiger partial charge in [-0.25, -0.2) is 39.6 Å². The van der Waals surface area contributed by atoms with E-state index in [0.717, 1.165) is 17.1 Å². The van der Waals surface area contributed by atoms with Crippen molar-refractivity contribution in [1.82, 2.24) is 43.6 Å². The largest absolute Gasteiger partial charge is 0.278 e. The summed E-state index contributed by atoms with van der Waals surface area (Å²) in [5.41, 5.74) is 9.65. The van der Waals surface area contributed by atoms with E-state index < -0.39 is 0 Å². The van der Waals surface area contributed by atoms with Crippen molar-refractivity contribution < 1.29 is 0 Å². The van der Waals surface area contributed by atoms with Crippen LogP contribution >= 0.6 is 0 Å². The van der Waals surface area contributed by atoms with Crippen molar-refractivity contribution in [2.24, 2.45) is 0 Å². The first-order chi connectivity index (χ1) is 28.1. The van der Waals surface area contributed by atoms with Crippen LogP contribution in [-0.2, 0) is 0 Å². The van der Waals surface area contributed by atoms with E-state index in [1.165, 1.54) is 0 Å². The van der Waals surface area contributed by atoms with Gasteiger partial charge in [0, 0.05) is 46.7 Å². The molecular formula is C45H24N12. The van der Waals surface area contributed by atoms with Crippen LogP contribution in [0.5, 0.6) is 0 Å². The van der Waals surface area contributed by atoms with Gasteiger partial charge < -0.3 is 0 Å². The van der Waals surface area contributed by atoms with Gasteiger partial charge in [-0.3, -0.25) is 13.7 Å². The highest BCUT2D eigenvalue weighted by Crippen LogP contribution is 2.38. The molecule has 0 unspecified atom stereocenters. The summed E-state index contributed by atoms with van der Waals surface area (Å²) in [5, 5.41) is 9.86. The molecule has 12 nitrogen and oxygen atoms in total. The second-order valence-corrected chi connectivity index (χ2v) is 13.1. The monoisotopic (exact) mass is 732 g/mol. The first-order valence-corrected chi connectivity index (χ1v) is 17.7. The lowest BCUT2D eigenvalue weighted by Gasteiger charge is -2.15. The summed E-state index contributed by atoms with van der Waals surface area (Å²) in [4.78, 5) is 37.1. The molecule has 0 radical (unpaired) electrons. The Labute approximate surface area is 324 Å². The van der Waals surface area contributed by atoms with Crippen LogP contribution in [0.4, 0.5) is 11.4 Å². The first-order valence-electron chi connectivity index (χ1n) is 17.7. The lowest BCUT2D eigenvalue weighted by atomic mass is 10.0. The van der Waals surface area contributed by atoms with Crippen molar-refractivity contribution in [3.8, 4) is 57.3 Å². The molecule has 10 aromatic rings. The fourth-order valence-corrected chi connectivity index (χ4v) is 7.18. The lowest BCUT2D eigenvalue weighted by molar-refractivity contribution is 1.06. The van der Waals surface area contributed by atoms with E-state index in [-0.39, 0.29) is 0 Å². The summed E-state index contributed by atoms with van der Waals surface area (Å²) in [6.07, 6.45) is 5.17. The summed E-state index contributed by atoms with van der Waals surface area (Å²) >= 11 is 0. The average Bonchev–Trinajstić information content (AvgIpc) is 3.98. The van der Waals surface area contributed by atoms with Crippen LogP contribution in [-0.4, -0.2) is 43.6 Å². The molecule has 0 fully saturated rings.